The van der Waals surface area contributed by atoms with E-state index in [1.165, 1.54) is 12.8 Å². The summed E-state index contributed by atoms with van der Waals surface area (Å²) >= 11 is 1.98. The van der Waals surface area contributed by atoms with Crippen LogP contribution in [0.3, 0.4) is 0 Å². The fourth-order valence-corrected chi connectivity index (χ4v) is 3.14. The summed E-state index contributed by atoms with van der Waals surface area (Å²) in [6.45, 7) is 2.15. The number of benzene rings is 1. The third-order valence-corrected chi connectivity index (χ3v) is 4.72. The van der Waals surface area contributed by atoms with Crippen molar-refractivity contribution in [3.63, 3.8) is 0 Å². The summed E-state index contributed by atoms with van der Waals surface area (Å²) in [6.07, 6.45) is 4.75. The maximum absolute atomic E-state index is 13.8. The first-order valence-corrected chi connectivity index (χ1v) is 7.80. The molecule has 2 aromatic rings. The van der Waals surface area contributed by atoms with E-state index in [0.29, 0.717) is 15.6 Å². The van der Waals surface area contributed by atoms with Gasteiger partial charge in [0.25, 0.3) is 0 Å². The van der Waals surface area contributed by atoms with Gasteiger partial charge >= 0.3 is 0 Å². The summed E-state index contributed by atoms with van der Waals surface area (Å²) in [5.74, 6) is 1.12. The second kappa shape index (κ2) is 4.92. The van der Waals surface area contributed by atoms with Gasteiger partial charge in [-0.1, -0.05) is 19.8 Å². The van der Waals surface area contributed by atoms with Gasteiger partial charge in [0.1, 0.15) is 5.82 Å². The van der Waals surface area contributed by atoms with E-state index in [1.807, 2.05) is 27.2 Å². The molecule has 102 valence electrons. The Hall–Kier alpha value is -0.850. The molecule has 1 aromatic carbocycles. The second-order valence-electron chi connectivity index (χ2n) is 5.34. The van der Waals surface area contributed by atoms with E-state index in [4.69, 9.17) is 5.73 Å². The number of halogens is 2. The fourth-order valence-electron chi connectivity index (χ4n) is 2.69. The zero-order valence-electron chi connectivity index (χ0n) is 10.9. The lowest BCUT2D eigenvalue weighted by molar-refractivity contribution is 0.442. The molecular formula is C14H17FIN3. The number of nitrogens with zero attached hydrogens (tertiary/aromatic N) is 2. The highest BCUT2D eigenvalue weighted by molar-refractivity contribution is 14.1. The molecule has 1 aliphatic carbocycles. The molecule has 19 heavy (non-hydrogen) atoms. The highest BCUT2D eigenvalue weighted by Gasteiger charge is 2.27. The predicted molar refractivity (Wildman–Crippen MR) is 83.5 cm³/mol. The Morgan fingerprint density at radius 1 is 1.53 bits per heavy atom. The SMILES string of the molecule is CCC(CC1CC1)n1c(N)nc2cc(I)c(F)cc21. The third kappa shape index (κ3) is 2.44. The normalized spacial score (nSPS) is 17.0. The molecule has 0 bridgehead atoms. The Kier molecular flexibility index (Phi) is 3.41. The van der Waals surface area contributed by atoms with E-state index in [2.05, 4.69) is 11.9 Å². The average Bonchev–Trinajstić information content (AvgIpc) is 3.13. The summed E-state index contributed by atoms with van der Waals surface area (Å²) in [7, 11) is 0. The van der Waals surface area contributed by atoms with Gasteiger partial charge in [0.2, 0.25) is 5.95 Å². The minimum atomic E-state index is -0.199. The molecule has 1 heterocycles. The van der Waals surface area contributed by atoms with E-state index < -0.39 is 0 Å². The summed E-state index contributed by atoms with van der Waals surface area (Å²) in [5.41, 5.74) is 7.66. The van der Waals surface area contributed by atoms with Crippen LogP contribution in [0.15, 0.2) is 12.1 Å². The molecule has 5 heteroatoms. The minimum absolute atomic E-state index is 0.199. The van der Waals surface area contributed by atoms with Crippen LogP contribution in [0.25, 0.3) is 11.0 Å². The topological polar surface area (TPSA) is 43.8 Å². The van der Waals surface area contributed by atoms with E-state index >= 15 is 0 Å². The van der Waals surface area contributed by atoms with Crippen molar-refractivity contribution in [3.05, 3.63) is 21.5 Å². The number of aromatic nitrogens is 2. The Morgan fingerprint density at radius 2 is 2.26 bits per heavy atom. The van der Waals surface area contributed by atoms with Gasteiger partial charge in [-0.3, -0.25) is 0 Å². The van der Waals surface area contributed by atoms with Crippen LogP contribution in [0.5, 0.6) is 0 Å². The highest BCUT2D eigenvalue weighted by Crippen LogP contribution is 2.39. The van der Waals surface area contributed by atoms with Crippen LogP contribution < -0.4 is 5.73 Å². The van der Waals surface area contributed by atoms with Gasteiger partial charge in [-0.2, -0.15) is 0 Å². The van der Waals surface area contributed by atoms with E-state index in [-0.39, 0.29) is 5.82 Å². The van der Waals surface area contributed by atoms with Crippen LogP contribution >= 0.6 is 22.6 Å². The average molecular weight is 373 g/mol. The smallest absolute Gasteiger partial charge is 0.201 e. The lowest BCUT2D eigenvalue weighted by Gasteiger charge is -2.19. The molecule has 1 unspecified atom stereocenters. The van der Waals surface area contributed by atoms with Crippen molar-refractivity contribution in [1.29, 1.82) is 0 Å². The lowest BCUT2D eigenvalue weighted by atomic mass is 10.1. The van der Waals surface area contributed by atoms with Gasteiger partial charge < -0.3 is 10.3 Å². The number of rotatable bonds is 4. The molecule has 1 aromatic heterocycles. The van der Waals surface area contributed by atoms with Crippen molar-refractivity contribution in [2.45, 2.75) is 38.6 Å². The number of imidazole rings is 1. The van der Waals surface area contributed by atoms with Crippen molar-refractivity contribution >= 4 is 39.6 Å². The van der Waals surface area contributed by atoms with Crippen molar-refractivity contribution < 1.29 is 4.39 Å². The molecule has 1 atom stereocenters. The van der Waals surface area contributed by atoms with Gasteiger partial charge in [-0.25, -0.2) is 9.37 Å². The van der Waals surface area contributed by atoms with Crippen molar-refractivity contribution in [3.8, 4) is 0 Å². The van der Waals surface area contributed by atoms with Crippen LogP contribution in [0.1, 0.15) is 38.6 Å². The number of hydrogen-bond acceptors (Lipinski definition) is 2. The number of fused-ring (bicyclic) bond motifs is 1. The van der Waals surface area contributed by atoms with Crippen LogP contribution in [-0.4, -0.2) is 9.55 Å². The monoisotopic (exact) mass is 373 g/mol. The Bertz CT molecular complexity index is 619. The van der Waals surface area contributed by atoms with Crippen molar-refractivity contribution in [1.82, 2.24) is 9.55 Å². The molecule has 2 N–H and O–H groups in total. The molecule has 0 aliphatic heterocycles. The summed E-state index contributed by atoms with van der Waals surface area (Å²) in [5, 5.41) is 0. The number of anilines is 1. The molecule has 0 amide bonds. The molecule has 3 nitrogen and oxygen atoms in total. The van der Waals surface area contributed by atoms with Gasteiger partial charge in [-0.15, -0.1) is 0 Å². The van der Waals surface area contributed by atoms with Crippen LogP contribution in [0, 0.1) is 15.3 Å². The minimum Gasteiger partial charge on any atom is -0.369 e. The lowest BCUT2D eigenvalue weighted by Crippen LogP contribution is -2.12. The first kappa shape index (κ1) is 13.1. The Labute approximate surface area is 125 Å². The Balaban J connectivity index is 2.09. The van der Waals surface area contributed by atoms with E-state index in [1.54, 1.807) is 12.1 Å². The first-order valence-electron chi connectivity index (χ1n) is 6.72. The predicted octanol–water partition coefficient (Wildman–Crippen LogP) is 4.11. The number of hydrogen-bond donors (Lipinski definition) is 1. The third-order valence-electron chi connectivity index (χ3n) is 3.90. The molecule has 0 saturated heterocycles. The number of nitrogen functional groups attached to an aromatic ring is 1. The summed E-state index contributed by atoms with van der Waals surface area (Å²) < 4.78 is 16.4. The Morgan fingerprint density at radius 3 is 2.89 bits per heavy atom. The van der Waals surface area contributed by atoms with E-state index in [0.717, 1.165) is 29.8 Å². The zero-order chi connectivity index (χ0) is 13.6. The van der Waals surface area contributed by atoms with Gasteiger partial charge in [0.05, 0.1) is 14.6 Å². The van der Waals surface area contributed by atoms with Gasteiger partial charge in [-0.05, 0) is 47.4 Å². The van der Waals surface area contributed by atoms with Crippen molar-refractivity contribution in [2.75, 3.05) is 5.73 Å². The summed E-state index contributed by atoms with van der Waals surface area (Å²) in [6, 6.07) is 3.66. The molecule has 0 radical (unpaired) electrons. The second-order valence-corrected chi connectivity index (χ2v) is 6.50. The maximum Gasteiger partial charge on any atom is 0.201 e. The molecule has 0 spiro atoms. The fraction of sp³-hybridized carbons (Fsp3) is 0.500. The first-order chi connectivity index (χ1) is 9.10. The van der Waals surface area contributed by atoms with Gasteiger partial charge in [0.15, 0.2) is 0 Å². The molecule has 1 saturated carbocycles. The quantitative estimate of drug-likeness (QED) is 0.820. The highest BCUT2D eigenvalue weighted by atomic mass is 127. The van der Waals surface area contributed by atoms with Crippen LogP contribution in [0.4, 0.5) is 10.3 Å². The largest absolute Gasteiger partial charge is 0.369 e. The van der Waals surface area contributed by atoms with Gasteiger partial charge in [0, 0.05) is 12.1 Å². The van der Waals surface area contributed by atoms with Crippen molar-refractivity contribution in [2.24, 2.45) is 5.92 Å². The molecular weight excluding hydrogens is 356 g/mol. The van der Waals surface area contributed by atoms with E-state index in [9.17, 15) is 4.39 Å². The molecule has 1 aliphatic rings. The van der Waals surface area contributed by atoms with Crippen LogP contribution in [-0.2, 0) is 0 Å². The van der Waals surface area contributed by atoms with Crippen LogP contribution in [0.2, 0.25) is 0 Å². The molecule has 1 fully saturated rings. The number of nitrogens with two attached hydrogens (primary N) is 1. The molecule has 3 rings (SSSR count). The maximum atomic E-state index is 13.8. The zero-order valence-corrected chi connectivity index (χ0v) is 13.0. The summed E-state index contributed by atoms with van der Waals surface area (Å²) in [4.78, 5) is 4.38. The standard InChI is InChI=1S/C14H17FIN3/c1-2-9(5-8-3-4-8)19-13-6-10(15)11(16)7-12(13)18-14(19)17/h6-9H,2-5H2,1H3,(H2,17,18).